The zero-order chi connectivity index (χ0) is 21.2. The van der Waals surface area contributed by atoms with Crippen LogP contribution in [-0.2, 0) is 20.8 Å². The number of rotatable bonds is 6. The molecule has 1 aromatic rings. The molecule has 0 aromatic heterocycles. The summed E-state index contributed by atoms with van der Waals surface area (Å²) in [5.74, 6) is -2.84. The highest BCUT2D eigenvalue weighted by Gasteiger charge is 2.51. The van der Waals surface area contributed by atoms with Crippen LogP contribution in [0.2, 0.25) is 0 Å². The molecule has 1 aliphatic heterocycles. The molecule has 1 aliphatic carbocycles. The smallest absolute Gasteiger partial charge is 0.331 e. The SMILES string of the molecule is CC1C(C(=O)O)=CC=CC1(C(=O)O)N1CCC(C(=O)Cc2ccccc2Br)CC1. The number of benzene rings is 1. The first-order chi connectivity index (χ1) is 13.8. The van der Waals surface area contributed by atoms with E-state index in [0.29, 0.717) is 32.4 Å². The minimum atomic E-state index is -1.40. The monoisotopic (exact) mass is 461 g/mol. The third-order valence-electron chi connectivity index (χ3n) is 6.14. The average molecular weight is 462 g/mol. The van der Waals surface area contributed by atoms with E-state index in [0.717, 1.165) is 10.0 Å². The molecule has 1 aromatic carbocycles. The molecular weight excluding hydrogens is 438 g/mol. The van der Waals surface area contributed by atoms with Gasteiger partial charge in [-0.15, -0.1) is 0 Å². The molecular formula is C22H24BrNO5. The number of aliphatic carboxylic acids is 2. The highest BCUT2D eigenvalue weighted by Crippen LogP contribution is 2.38. The molecule has 1 saturated heterocycles. The van der Waals surface area contributed by atoms with Gasteiger partial charge in [0.2, 0.25) is 0 Å². The van der Waals surface area contributed by atoms with E-state index < -0.39 is 23.4 Å². The van der Waals surface area contributed by atoms with E-state index in [1.54, 1.807) is 13.0 Å². The van der Waals surface area contributed by atoms with Gasteiger partial charge in [-0.05, 0) is 24.5 Å². The summed E-state index contributed by atoms with van der Waals surface area (Å²) in [6.07, 6.45) is 6.02. The molecule has 0 radical (unpaired) electrons. The largest absolute Gasteiger partial charge is 0.480 e. The summed E-state index contributed by atoms with van der Waals surface area (Å²) in [6.45, 7) is 2.50. The molecule has 0 amide bonds. The molecule has 2 atom stereocenters. The van der Waals surface area contributed by atoms with Gasteiger partial charge in [0.15, 0.2) is 0 Å². The van der Waals surface area contributed by atoms with E-state index in [4.69, 9.17) is 0 Å². The fourth-order valence-electron chi connectivity index (χ4n) is 4.40. The highest BCUT2D eigenvalue weighted by atomic mass is 79.9. The molecule has 1 fully saturated rings. The van der Waals surface area contributed by atoms with Crippen molar-refractivity contribution in [1.82, 2.24) is 4.90 Å². The van der Waals surface area contributed by atoms with Crippen molar-refractivity contribution in [2.24, 2.45) is 11.8 Å². The Kier molecular flexibility index (Phi) is 6.39. The van der Waals surface area contributed by atoms with Crippen molar-refractivity contribution in [3.63, 3.8) is 0 Å². The van der Waals surface area contributed by atoms with Gasteiger partial charge in [0, 0.05) is 41.4 Å². The predicted molar refractivity (Wildman–Crippen MR) is 112 cm³/mol. The van der Waals surface area contributed by atoms with Gasteiger partial charge in [0.25, 0.3) is 0 Å². The van der Waals surface area contributed by atoms with Gasteiger partial charge in [0.1, 0.15) is 11.3 Å². The van der Waals surface area contributed by atoms with Gasteiger partial charge in [-0.3, -0.25) is 9.69 Å². The van der Waals surface area contributed by atoms with E-state index in [2.05, 4.69) is 15.9 Å². The lowest BCUT2D eigenvalue weighted by Gasteiger charge is -2.46. The topological polar surface area (TPSA) is 94.9 Å². The number of piperidine rings is 1. The molecule has 3 rings (SSSR count). The number of carboxylic acids is 2. The van der Waals surface area contributed by atoms with Crippen molar-refractivity contribution < 1.29 is 24.6 Å². The quantitative estimate of drug-likeness (QED) is 0.674. The fraction of sp³-hybridized carbons (Fsp3) is 0.409. The van der Waals surface area contributed by atoms with E-state index in [9.17, 15) is 24.6 Å². The van der Waals surface area contributed by atoms with Crippen LogP contribution in [0.25, 0.3) is 0 Å². The van der Waals surface area contributed by atoms with Crippen molar-refractivity contribution in [3.05, 3.63) is 58.1 Å². The van der Waals surface area contributed by atoms with Gasteiger partial charge in [-0.2, -0.15) is 0 Å². The predicted octanol–water partition coefficient (Wildman–Crippen LogP) is 3.31. The van der Waals surface area contributed by atoms with Gasteiger partial charge in [0.05, 0.1) is 0 Å². The maximum atomic E-state index is 12.8. The number of Topliss-reactive ketones (excluding diaryl/α,β-unsaturated/α-hetero) is 1. The van der Waals surface area contributed by atoms with Crippen LogP contribution >= 0.6 is 15.9 Å². The zero-order valence-corrected chi connectivity index (χ0v) is 17.8. The summed E-state index contributed by atoms with van der Waals surface area (Å²) < 4.78 is 0.907. The van der Waals surface area contributed by atoms with Crippen molar-refractivity contribution in [3.8, 4) is 0 Å². The lowest BCUT2D eigenvalue weighted by Crippen LogP contribution is -2.61. The van der Waals surface area contributed by atoms with Gasteiger partial charge < -0.3 is 10.2 Å². The number of nitrogens with zero attached hydrogens (tertiary/aromatic N) is 1. The minimum absolute atomic E-state index is 0.0852. The standard InChI is InChI=1S/C22H24BrNO5/c1-14-17(20(26)27)6-4-10-22(14,21(28)29)24-11-8-15(9-12-24)19(25)13-16-5-2-3-7-18(16)23/h2-7,10,14-15H,8-9,11-13H2,1H3,(H,26,27)(H,28,29). The summed E-state index contributed by atoms with van der Waals surface area (Å²) in [7, 11) is 0. The van der Waals surface area contributed by atoms with Crippen molar-refractivity contribution in [2.45, 2.75) is 31.7 Å². The van der Waals surface area contributed by atoms with Crippen LogP contribution in [0.15, 0.2) is 52.5 Å². The molecule has 7 heteroatoms. The Morgan fingerprint density at radius 2 is 1.83 bits per heavy atom. The third kappa shape index (κ3) is 4.07. The zero-order valence-electron chi connectivity index (χ0n) is 16.2. The molecule has 2 aliphatic rings. The van der Waals surface area contributed by atoms with E-state index >= 15 is 0 Å². The lowest BCUT2D eigenvalue weighted by atomic mass is 9.74. The Hall–Kier alpha value is -2.25. The number of hydrogen-bond donors (Lipinski definition) is 2. The van der Waals surface area contributed by atoms with Crippen LogP contribution in [0.4, 0.5) is 0 Å². The number of carbonyl (C=O) groups excluding carboxylic acids is 1. The third-order valence-corrected chi connectivity index (χ3v) is 6.91. The van der Waals surface area contributed by atoms with Crippen molar-refractivity contribution in [1.29, 1.82) is 0 Å². The van der Waals surface area contributed by atoms with Gasteiger partial charge in [-0.1, -0.05) is 59.3 Å². The van der Waals surface area contributed by atoms with Crippen LogP contribution < -0.4 is 0 Å². The molecule has 2 unspecified atom stereocenters. The number of halogens is 1. The van der Waals surface area contributed by atoms with E-state index in [1.165, 1.54) is 12.2 Å². The van der Waals surface area contributed by atoms with Crippen LogP contribution in [0.1, 0.15) is 25.3 Å². The molecule has 0 spiro atoms. The maximum Gasteiger partial charge on any atom is 0.331 e. The summed E-state index contributed by atoms with van der Waals surface area (Å²) in [5, 5.41) is 19.5. The summed E-state index contributed by atoms with van der Waals surface area (Å²) in [4.78, 5) is 38.4. The summed E-state index contributed by atoms with van der Waals surface area (Å²) in [6, 6.07) is 7.63. The molecule has 6 nitrogen and oxygen atoms in total. The Labute approximate surface area is 178 Å². The number of allylic oxidation sites excluding steroid dienone is 2. The number of ketones is 1. The summed E-state index contributed by atoms with van der Waals surface area (Å²) >= 11 is 3.47. The molecule has 0 saturated carbocycles. The van der Waals surface area contributed by atoms with E-state index in [1.807, 2.05) is 29.2 Å². The first-order valence-corrected chi connectivity index (χ1v) is 10.4. The summed E-state index contributed by atoms with van der Waals surface area (Å²) in [5.41, 5.74) is -0.372. The number of hydrogen-bond acceptors (Lipinski definition) is 4. The van der Waals surface area contributed by atoms with Gasteiger partial charge >= 0.3 is 11.9 Å². The van der Waals surface area contributed by atoms with Crippen molar-refractivity contribution in [2.75, 3.05) is 13.1 Å². The Morgan fingerprint density at radius 1 is 1.17 bits per heavy atom. The minimum Gasteiger partial charge on any atom is -0.480 e. The number of carboxylic acid groups (broad SMARTS) is 2. The Morgan fingerprint density at radius 3 is 2.41 bits per heavy atom. The average Bonchev–Trinajstić information content (AvgIpc) is 2.69. The second-order valence-corrected chi connectivity index (χ2v) is 8.49. The molecule has 2 N–H and O–H groups in total. The van der Waals surface area contributed by atoms with E-state index in [-0.39, 0.29) is 17.3 Å². The second kappa shape index (κ2) is 8.63. The fourth-order valence-corrected chi connectivity index (χ4v) is 4.82. The first kappa shape index (κ1) is 21.5. The molecule has 154 valence electrons. The lowest BCUT2D eigenvalue weighted by molar-refractivity contribution is -0.152. The van der Waals surface area contributed by atoms with Crippen LogP contribution in [0.5, 0.6) is 0 Å². The van der Waals surface area contributed by atoms with Gasteiger partial charge in [-0.25, -0.2) is 9.59 Å². The molecule has 0 bridgehead atoms. The Bertz CT molecular complexity index is 885. The number of carbonyl (C=O) groups is 3. The highest BCUT2D eigenvalue weighted by molar-refractivity contribution is 9.10. The van der Waals surface area contributed by atoms with Crippen LogP contribution in [0.3, 0.4) is 0 Å². The normalized spacial score (nSPS) is 25.4. The molecule has 1 heterocycles. The Balaban J connectivity index is 1.72. The van der Waals surface area contributed by atoms with Crippen LogP contribution in [-0.4, -0.2) is 51.5 Å². The second-order valence-electron chi connectivity index (χ2n) is 7.63. The maximum absolute atomic E-state index is 12.8. The molecule has 29 heavy (non-hydrogen) atoms. The van der Waals surface area contributed by atoms with Crippen molar-refractivity contribution >= 4 is 33.7 Å². The van der Waals surface area contributed by atoms with Crippen LogP contribution in [0, 0.1) is 11.8 Å². The first-order valence-electron chi connectivity index (χ1n) is 9.64. The number of likely N-dealkylation sites (tertiary alicyclic amines) is 1.